The first-order valence-electron chi connectivity index (χ1n) is 10.8. The predicted octanol–water partition coefficient (Wildman–Crippen LogP) is 2.51. The summed E-state index contributed by atoms with van der Waals surface area (Å²) in [7, 11) is -3.73. The minimum atomic E-state index is -3.73. The fourth-order valence-electron chi connectivity index (χ4n) is 4.12. The molecule has 0 saturated carbocycles. The van der Waals surface area contributed by atoms with Gasteiger partial charge in [0, 0.05) is 43.7 Å². The summed E-state index contributed by atoms with van der Waals surface area (Å²) < 4.78 is 27.8. The number of aromatic nitrogens is 2. The lowest BCUT2D eigenvalue weighted by Gasteiger charge is -2.40. The van der Waals surface area contributed by atoms with E-state index in [0.717, 1.165) is 10.9 Å². The number of benzene rings is 1. The zero-order chi connectivity index (χ0) is 23.6. The number of carboxylic acids is 1. The maximum Gasteiger partial charge on any atom is 0.303 e. The molecule has 1 aliphatic rings. The minimum Gasteiger partial charge on any atom is -0.481 e. The van der Waals surface area contributed by atoms with Crippen molar-refractivity contribution in [3.8, 4) is 0 Å². The molecular weight excluding hydrogens is 444 g/mol. The van der Waals surface area contributed by atoms with Crippen LogP contribution in [0.1, 0.15) is 35.8 Å². The van der Waals surface area contributed by atoms with Gasteiger partial charge in [-0.2, -0.15) is 4.31 Å². The van der Waals surface area contributed by atoms with Crippen molar-refractivity contribution in [2.24, 2.45) is 0 Å². The summed E-state index contributed by atoms with van der Waals surface area (Å²) in [5.41, 5.74) is 1.85. The summed E-state index contributed by atoms with van der Waals surface area (Å²) in [6.45, 7) is 2.63. The van der Waals surface area contributed by atoms with E-state index in [9.17, 15) is 18.0 Å². The smallest absolute Gasteiger partial charge is 0.303 e. The highest BCUT2D eigenvalue weighted by Gasteiger charge is 2.36. The number of H-pyrrole nitrogens is 1. The molecule has 33 heavy (non-hydrogen) atoms. The van der Waals surface area contributed by atoms with E-state index in [1.165, 1.54) is 16.4 Å². The van der Waals surface area contributed by atoms with E-state index in [2.05, 4.69) is 9.97 Å². The monoisotopic (exact) mass is 470 g/mol. The first kappa shape index (κ1) is 22.9. The van der Waals surface area contributed by atoms with Crippen LogP contribution in [0, 0.1) is 0 Å². The van der Waals surface area contributed by atoms with Gasteiger partial charge in [-0.15, -0.1) is 0 Å². The molecule has 1 aliphatic heterocycles. The van der Waals surface area contributed by atoms with Crippen molar-refractivity contribution in [1.29, 1.82) is 0 Å². The summed E-state index contributed by atoms with van der Waals surface area (Å²) in [6.07, 6.45) is 2.61. The zero-order valence-electron chi connectivity index (χ0n) is 18.3. The number of carbonyl (C=O) groups excluding carboxylic acids is 1. The van der Waals surface area contributed by atoms with Gasteiger partial charge in [-0.3, -0.25) is 9.59 Å². The molecule has 1 aromatic carbocycles. The average molecular weight is 471 g/mol. The summed E-state index contributed by atoms with van der Waals surface area (Å²) in [4.78, 5) is 33.1. The number of nitrogens with zero attached hydrogens (tertiary/aromatic N) is 3. The molecule has 2 aromatic heterocycles. The molecular formula is C23H26N4O5S. The summed E-state index contributed by atoms with van der Waals surface area (Å²) >= 11 is 0. The van der Waals surface area contributed by atoms with Crippen molar-refractivity contribution in [1.82, 2.24) is 19.2 Å². The van der Waals surface area contributed by atoms with Gasteiger partial charge in [0.25, 0.3) is 5.91 Å². The molecule has 2 N–H and O–H groups in total. The topological polar surface area (TPSA) is 124 Å². The van der Waals surface area contributed by atoms with Crippen LogP contribution in [-0.2, 0) is 21.2 Å². The van der Waals surface area contributed by atoms with Crippen molar-refractivity contribution >= 4 is 32.9 Å². The average Bonchev–Trinajstić information content (AvgIpc) is 3.26. The lowest BCUT2D eigenvalue weighted by atomic mass is 10.1. The fourth-order valence-corrected chi connectivity index (χ4v) is 5.59. The lowest BCUT2D eigenvalue weighted by Crippen LogP contribution is -2.56. The van der Waals surface area contributed by atoms with Crippen LogP contribution >= 0.6 is 0 Å². The number of aromatic amines is 1. The Balaban J connectivity index is 1.48. The molecule has 3 aromatic rings. The number of piperazine rings is 1. The van der Waals surface area contributed by atoms with Crippen molar-refractivity contribution in [2.45, 2.75) is 37.1 Å². The van der Waals surface area contributed by atoms with Gasteiger partial charge in [-0.1, -0.05) is 19.1 Å². The predicted molar refractivity (Wildman–Crippen MR) is 122 cm³/mol. The Morgan fingerprint density at radius 3 is 2.61 bits per heavy atom. The van der Waals surface area contributed by atoms with Crippen LogP contribution in [0.3, 0.4) is 0 Å². The van der Waals surface area contributed by atoms with Crippen molar-refractivity contribution in [3.05, 3.63) is 59.9 Å². The minimum absolute atomic E-state index is 0.00724. The molecule has 1 amide bonds. The number of aryl methyl sites for hydroxylation is 1. The molecule has 4 rings (SSSR count). The van der Waals surface area contributed by atoms with E-state index >= 15 is 0 Å². The quantitative estimate of drug-likeness (QED) is 0.547. The Morgan fingerprint density at radius 1 is 1.18 bits per heavy atom. The number of carbonyl (C=O) groups is 2. The van der Waals surface area contributed by atoms with Crippen LogP contribution in [0.2, 0.25) is 0 Å². The molecule has 3 heterocycles. The molecule has 1 fully saturated rings. The molecule has 9 nitrogen and oxygen atoms in total. The second-order valence-electron chi connectivity index (χ2n) is 8.09. The maximum atomic E-state index is 13.2. The van der Waals surface area contributed by atoms with Crippen molar-refractivity contribution < 1.29 is 23.1 Å². The largest absolute Gasteiger partial charge is 0.481 e. The standard InChI is InChI=1S/C23H26N4O5S/c1-2-18-15-26(33(31,32)19-8-5-16(6-9-19)7-10-21(28)29)12-13-27(18)23(30)20-14-17-4-3-11-24-22(17)25-20/h3-6,8-9,11,14,18H,2,7,10,12-13,15H2,1H3,(H,24,25)(H,28,29). The van der Waals surface area contributed by atoms with Crippen LogP contribution in [0.5, 0.6) is 0 Å². The van der Waals surface area contributed by atoms with Crippen LogP contribution in [0.4, 0.5) is 0 Å². The number of sulfonamides is 1. The van der Waals surface area contributed by atoms with Gasteiger partial charge in [-0.25, -0.2) is 13.4 Å². The number of fused-ring (bicyclic) bond motifs is 1. The molecule has 10 heteroatoms. The summed E-state index contributed by atoms with van der Waals surface area (Å²) in [5.74, 6) is -1.06. The van der Waals surface area contributed by atoms with E-state index in [-0.39, 0.29) is 42.9 Å². The molecule has 1 atom stereocenters. The Hall–Kier alpha value is -3.24. The highest BCUT2D eigenvalue weighted by Crippen LogP contribution is 2.24. The second-order valence-corrected chi connectivity index (χ2v) is 10.0. The van der Waals surface area contributed by atoms with Gasteiger partial charge in [0.05, 0.1) is 4.90 Å². The first-order chi connectivity index (χ1) is 15.8. The number of nitrogens with one attached hydrogen (secondary N) is 1. The number of amides is 1. The first-order valence-corrected chi connectivity index (χ1v) is 12.3. The zero-order valence-corrected chi connectivity index (χ0v) is 19.1. The second kappa shape index (κ2) is 9.32. The van der Waals surface area contributed by atoms with Gasteiger partial charge in [-0.05, 0) is 48.7 Å². The number of aliphatic carboxylic acids is 1. The van der Waals surface area contributed by atoms with Gasteiger partial charge >= 0.3 is 5.97 Å². The van der Waals surface area contributed by atoms with E-state index in [4.69, 9.17) is 5.11 Å². The maximum absolute atomic E-state index is 13.2. The molecule has 0 radical (unpaired) electrons. The third-order valence-electron chi connectivity index (χ3n) is 5.99. The van der Waals surface area contributed by atoms with Crippen molar-refractivity contribution in [3.63, 3.8) is 0 Å². The molecule has 1 saturated heterocycles. The molecule has 0 aliphatic carbocycles. The van der Waals surface area contributed by atoms with E-state index in [0.29, 0.717) is 24.2 Å². The summed E-state index contributed by atoms with van der Waals surface area (Å²) in [6, 6.07) is 11.5. The van der Waals surface area contributed by atoms with E-state index in [1.54, 1.807) is 29.3 Å². The van der Waals surface area contributed by atoms with Gasteiger partial charge in [0.15, 0.2) is 0 Å². The van der Waals surface area contributed by atoms with Gasteiger partial charge in [0.1, 0.15) is 11.3 Å². The van der Waals surface area contributed by atoms with Crippen LogP contribution < -0.4 is 0 Å². The van der Waals surface area contributed by atoms with Crippen LogP contribution in [-0.4, -0.2) is 70.3 Å². The highest BCUT2D eigenvalue weighted by molar-refractivity contribution is 7.89. The third-order valence-corrected chi connectivity index (χ3v) is 7.87. The van der Waals surface area contributed by atoms with Crippen LogP contribution in [0.15, 0.2) is 53.6 Å². The number of hydrogen-bond donors (Lipinski definition) is 2. The third kappa shape index (κ3) is 4.76. The SMILES string of the molecule is CCC1CN(S(=O)(=O)c2ccc(CCC(=O)O)cc2)CCN1C(=O)c1cc2cccnc2[nH]1. The lowest BCUT2D eigenvalue weighted by molar-refractivity contribution is -0.136. The fraction of sp³-hybridized carbons (Fsp3) is 0.348. The Kier molecular flexibility index (Phi) is 6.48. The summed E-state index contributed by atoms with van der Waals surface area (Å²) in [5, 5.41) is 9.66. The highest BCUT2D eigenvalue weighted by atomic mass is 32.2. The van der Waals surface area contributed by atoms with Gasteiger partial charge < -0.3 is 15.0 Å². The number of carboxylic acid groups (broad SMARTS) is 1. The van der Waals surface area contributed by atoms with E-state index < -0.39 is 16.0 Å². The Bertz CT molecular complexity index is 1240. The Morgan fingerprint density at radius 2 is 1.94 bits per heavy atom. The number of hydrogen-bond acceptors (Lipinski definition) is 5. The van der Waals surface area contributed by atoms with Gasteiger partial charge in [0.2, 0.25) is 10.0 Å². The molecule has 1 unspecified atom stereocenters. The van der Waals surface area contributed by atoms with E-state index in [1.807, 2.05) is 19.1 Å². The molecule has 174 valence electrons. The van der Waals surface area contributed by atoms with Crippen LogP contribution in [0.25, 0.3) is 11.0 Å². The molecule has 0 spiro atoms. The molecule has 0 bridgehead atoms. The van der Waals surface area contributed by atoms with Crippen molar-refractivity contribution in [2.75, 3.05) is 19.6 Å². The Labute approximate surface area is 192 Å². The number of pyridine rings is 1. The number of rotatable bonds is 7. The normalized spacial score (nSPS) is 17.4.